The number of nitriles is 1. The van der Waals surface area contributed by atoms with E-state index in [4.69, 9.17) is 4.98 Å². The van der Waals surface area contributed by atoms with Crippen LogP contribution in [0.3, 0.4) is 0 Å². The topological polar surface area (TPSA) is 56.4 Å². The van der Waals surface area contributed by atoms with Crippen LogP contribution in [-0.4, -0.2) is 23.3 Å². The Balaban J connectivity index is 1.08. The summed E-state index contributed by atoms with van der Waals surface area (Å²) >= 11 is 0. The lowest BCUT2D eigenvalue weighted by atomic mass is 10.00. The van der Waals surface area contributed by atoms with E-state index in [1.54, 1.807) is 0 Å². The molecule has 0 unspecified atom stereocenters. The molecule has 0 fully saturated rings. The highest BCUT2D eigenvalue weighted by Crippen LogP contribution is 2.46. The van der Waals surface area contributed by atoms with E-state index in [-0.39, 0.29) is 0 Å². The van der Waals surface area contributed by atoms with Gasteiger partial charge >= 0.3 is 0 Å². The lowest BCUT2D eigenvalue weighted by molar-refractivity contribution is 1.13. The molecule has 306 valence electrons. The van der Waals surface area contributed by atoms with Crippen molar-refractivity contribution in [3.8, 4) is 39.9 Å². The molecule has 0 aliphatic carbocycles. The first-order chi connectivity index (χ1) is 32.8. The zero-order chi connectivity index (χ0) is 43.5. The van der Waals surface area contributed by atoms with Crippen molar-refractivity contribution >= 4 is 87.2 Å². The molecule has 66 heavy (non-hydrogen) atoms. The minimum atomic E-state index is 0.586. The standard InChI is InChI=1S/C60H36N6/c61-36-38-27-28-43(55(35-38)65-51-25-13-9-21-47(51)57-53(65)31-29-45-41-19-7-11-23-49(41)63(59(45)57)39-15-3-1-4-16-39)44-33-34-62-37-56(44)66-52-26-14-10-22-48(52)58-54(66)32-30-46-42-20-8-12-24-50(42)64(60(46)58)40-17-5-2-6-18-40/h1-35,37H. The molecular formula is C60H36N6. The summed E-state index contributed by atoms with van der Waals surface area (Å²) in [4.78, 5) is 4.83. The molecular weight excluding hydrogens is 805 g/mol. The maximum Gasteiger partial charge on any atom is 0.0992 e. The summed E-state index contributed by atoms with van der Waals surface area (Å²) in [5.74, 6) is 0. The lowest BCUT2D eigenvalue weighted by Crippen LogP contribution is -2.02. The molecule has 0 aliphatic heterocycles. The third-order valence-corrected chi connectivity index (χ3v) is 13.7. The van der Waals surface area contributed by atoms with E-state index in [1.807, 2.05) is 18.5 Å². The quantitative estimate of drug-likeness (QED) is 0.173. The Morgan fingerprint density at radius 2 is 0.788 bits per heavy atom. The summed E-state index contributed by atoms with van der Waals surface area (Å²) in [6, 6.07) is 75.9. The smallest absolute Gasteiger partial charge is 0.0992 e. The summed E-state index contributed by atoms with van der Waals surface area (Å²) in [5, 5.41) is 20.0. The predicted molar refractivity (Wildman–Crippen MR) is 272 cm³/mol. The maximum atomic E-state index is 10.5. The van der Waals surface area contributed by atoms with E-state index in [0.717, 1.165) is 83.1 Å². The minimum Gasteiger partial charge on any atom is -0.309 e. The summed E-state index contributed by atoms with van der Waals surface area (Å²) in [5.41, 5.74) is 15.6. The summed E-state index contributed by atoms with van der Waals surface area (Å²) in [7, 11) is 0. The van der Waals surface area contributed by atoms with Crippen LogP contribution in [0.1, 0.15) is 5.56 Å². The zero-order valence-corrected chi connectivity index (χ0v) is 35.5. The van der Waals surface area contributed by atoms with Crippen molar-refractivity contribution < 1.29 is 0 Å². The molecule has 0 amide bonds. The van der Waals surface area contributed by atoms with E-state index in [9.17, 15) is 5.26 Å². The van der Waals surface area contributed by atoms with Gasteiger partial charge < -0.3 is 18.3 Å². The third-order valence-electron chi connectivity index (χ3n) is 13.7. The first-order valence-electron chi connectivity index (χ1n) is 22.3. The average molecular weight is 841 g/mol. The summed E-state index contributed by atoms with van der Waals surface area (Å²) < 4.78 is 9.58. The van der Waals surface area contributed by atoms with Gasteiger partial charge in [0.15, 0.2) is 0 Å². The fourth-order valence-corrected chi connectivity index (χ4v) is 11.0. The molecule has 0 saturated heterocycles. The van der Waals surface area contributed by atoms with Gasteiger partial charge in [0, 0.05) is 71.8 Å². The molecule has 0 atom stereocenters. The maximum absolute atomic E-state index is 10.5. The van der Waals surface area contributed by atoms with E-state index in [1.165, 1.54) is 38.0 Å². The van der Waals surface area contributed by atoms with Crippen molar-refractivity contribution in [2.75, 3.05) is 0 Å². The van der Waals surface area contributed by atoms with Gasteiger partial charge in [-0.25, -0.2) is 0 Å². The molecule has 0 spiro atoms. The van der Waals surface area contributed by atoms with Crippen LogP contribution in [0.4, 0.5) is 0 Å². The number of fused-ring (bicyclic) bond motifs is 14. The Labute approximate surface area is 378 Å². The normalized spacial score (nSPS) is 11.9. The first kappa shape index (κ1) is 36.3. The number of nitrogens with zero attached hydrogens (tertiary/aromatic N) is 6. The Hall–Kier alpha value is -9.18. The Morgan fingerprint density at radius 3 is 1.30 bits per heavy atom. The monoisotopic (exact) mass is 840 g/mol. The second-order valence-electron chi connectivity index (χ2n) is 17.0. The van der Waals surface area contributed by atoms with Gasteiger partial charge in [-0.15, -0.1) is 0 Å². The highest BCUT2D eigenvalue weighted by Gasteiger charge is 2.25. The summed E-state index contributed by atoms with van der Waals surface area (Å²) in [6.07, 6.45) is 3.88. The van der Waals surface area contributed by atoms with E-state index in [2.05, 4.69) is 225 Å². The van der Waals surface area contributed by atoms with E-state index < -0.39 is 0 Å². The number of aromatic nitrogens is 5. The SMILES string of the molecule is N#Cc1ccc(-c2ccncc2-n2c3ccccc3c3c2ccc2c4ccccc4n(-c4ccccc4)c23)c(-n2c3ccccc3c3c2ccc2c4ccccc4n(-c4ccccc4)c23)c1. The Kier molecular flexibility index (Phi) is 7.65. The molecule has 0 N–H and O–H groups in total. The molecule has 14 aromatic rings. The molecule has 9 aromatic carbocycles. The van der Waals surface area contributed by atoms with Crippen LogP contribution in [0.15, 0.2) is 219 Å². The van der Waals surface area contributed by atoms with Gasteiger partial charge in [-0.05, 0) is 78.9 Å². The summed E-state index contributed by atoms with van der Waals surface area (Å²) in [6.45, 7) is 0. The number of pyridine rings is 1. The second-order valence-corrected chi connectivity index (χ2v) is 17.0. The van der Waals surface area contributed by atoms with Gasteiger partial charge in [-0.3, -0.25) is 4.98 Å². The molecule has 6 nitrogen and oxygen atoms in total. The zero-order valence-electron chi connectivity index (χ0n) is 35.5. The van der Waals surface area contributed by atoms with Gasteiger partial charge in [-0.2, -0.15) is 5.26 Å². The number of hydrogen-bond acceptors (Lipinski definition) is 2. The molecule has 0 aliphatic rings. The average Bonchev–Trinajstić information content (AvgIpc) is 4.11. The van der Waals surface area contributed by atoms with Gasteiger partial charge in [0.2, 0.25) is 0 Å². The van der Waals surface area contributed by atoms with Gasteiger partial charge in [0.1, 0.15) is 0 Å². The van der Waals surface area contributed by atoms with Crippen LogP contribution in [0, 0.1) is 11.3 Å². The van der Waals surface area contributed by atoms with Crippen LogP contribution in [0.5, 0.6) is 0 Å². The van der Waals surface area contributed by atoms with Crippen LogP contribution in [0.2, 0.25) is 0 Å². The van der Waals surface area contributed by atoms with E-state index >= 15 is 0 Å². The van der Waals surface area contributed by atoms with Crippen LogP contribution >= 0.6 is 0 Å². The van der Waals surface area contributed by atoms with Crippen molar-refractivity contribution in [2.45, 2.75) is 0 Å². The third kappa shape index (κ3) is 4.97. The number of para-hydroxylation sites is 6. The Morgan fingerprint density at radius 1 is 0.348 bits per heavy atom. The molecule has 14 rings (SSSR count). The highest BCUT2D eigenvalue weighted by molar-refractivity contribution is 6.28. The molecule has 0 radical (unpaired) electrons. The molecule has 5 heterocycles. The van der Waals surface area contributed by atoms with Gasteiger partial charge in [0.05, 0.1) is 73.3 Å². The molecule has 5 aromatic heterocycles. The van der Waals surface area contributed by atoms with Gasteiger partial charge in [0.25, 0.3) is 0 Å². The van der Waals surface area contributed by atoms with Crippen molar-refractivity contribution in [1.29, 1.82) is 5.26 Å². The minimum absolute atomic E-state index is 0.586. The van der Waals surface area contributed by atoms with E-state index in [0.29, 0.717) is 5.56 Å². The molecule has 0 saturated carbocycles. The lowest BCUT2D eigenvalue weighted by Gasteiger charge is -2.18. The molecule has 0 bridgehead atoms. The van der Waals surface area contributed by atoms with Crippen LogP contribution in [-0.2, 0) is 0 Å². The predicted octanol–water partition coefficient (Wildman–Crippen LogP) is 15.0. The molecule has 6 heteroatoms. The van der Waals surface area contributed by atoms with Crippen molar-refractivity contribution in [2.24, 2.45) is 0 Å². The first-order valence-corrected chi connectivity index (χ1v) is 22.3. The van der Waals surface area contributed by atoms with Crippen molar-refractivity contribution in [3.63, 3.8) is 0 Å². The number of rotatable bonds is 5. The largest absolute Gasteiger partial charge is 0.309 e. The van der Waals surface area contributed by atoms with Crippen molar-refractivity contribution in [1.82, 2.24) is 23.3 Å². The van der Waals surface area contributed by atoms with Crippen molar-refractivity contribution in [3.05, 3.63) is 224 Å². The second kappa shape index (κ2) is 13.9. The van der Waals surface area contributed by atoms with Gasteiger partial charge in [-0.1, -0.05) is 127 Å². The fraction of sp³-hybridized carbons (Fsp3) is 0. The fourth-order valence-electron chi connectivity index (χ4n) is 11.0. The highest BCUT2D eigenvalue weighted by atomic mass is 15.0. The number of hydrogen-bond donors (Lipinski definition) is 0. The number of benzene rings is 9. The Bertz CT molecular complexity index is 4350. The van der Waals surface area contributed by atoms with Crippen LogP contribution in [0.25, 0.3) is 121 Å². The van der Waals surface area contributed by atoms with Crippen LogP contribution < -0.4 is 0 Å².